The molecule has 2 heterocycles. The van der Waals surface area contributed by atoms with Gasteiger partial charge in [0.05, 0.1) is 6.54 Å². The van der Waals surface area contributed by atoms with E-state index >= 15 is 0 Å². The summed E-state index contributed by atoms with van der Waals surface area (Å²) in [7, 11) is 2.98. The summed E-state index contributed by atoms with van der Waals surface area (Å²) < 4.78 is 5.60. The lowest BCUT2D eigenvalue weighted by Gasteiger charge is -2.38. The molecule has 2 saturated heterocycles. The Morgan fingerprint density at radius 3 is 2.37 bits per heavy atom. The van der Waals surface area contributed by atoms with Gasteiger partial charge in [0, 0.05) is 44.5 Å². The molecule has 2 aliphatic heterocycles. The first-order chi connectivity index (χ1) is 13.2. The van der Waals surface area contributed by atoms with Crippen LogP contribution >= 0.6 is 9.24 Å². The van der Waals surface area contributed by atoms with Crippen LogP contribution < -0.4 is 0 Å². The van der Waals surface area contributed by atoms with E-state index in [0.29, 0.717) is 11.8 Å². The average Bonchev–Trinajstić information content (AvgIpc) is 3.02. The standard InChI is InChI=1S/C19H28N3O2P.C2H4/c23-19-22(16-7-4-8-16)14-17(24-19)13-20-9-11-21(12-10-20)18(25)15-5-2-1-3-6-15;1-2/h1-3,5-6,16-18H,4,7-14,25H2;1-2H2. The van der Waals surface area contributed by atoms with Crippen LogP contribution in [0.2, 0.25) is 0 Å². The number of nitrogens with zero attached hydrogens (tertiary/aromatic N) is 3. The summed E-state index contributed by atoms with van der Waals surface area (Å²) in [5.41, 5.74) is 1.35. The number of rotatable bonds is 5. The van der Waals surface area contributed by atoms with Gasteiger partial charge in [-0.05, 0) is 24.8 Å². The first kappa shape index (κ1) is 20.3. The maximum atomic E-state index is 12.0. The van der Waals surface area contributed by atoms with E-state index in [1.807, 2.05) is 4.90 Å². The smallest absolute Gasteiger partial charge is 0.410 e. The van der Waals surface area contributed by atoms with E-state index in [2.05, 4.69) is 62.5 Å². The monoisotopic (exact) mass is 389 g/mol. The zero-order valence-electron chi connectivity index (χ0n) is 16.1. The quantitative estimate of drug-likeness (QED) is 0.572. The van der Waals surface area contributed by atoms with Crippen LogP contribution in [0.4, 0.5) is 4.79 Å². The first-order valence-electron chi connectivity index (χ1n) is 9.95. The fourth-order valence-electron chi connectivity index (χ4n) is 4.01. The Kier molecular flexibility index (Phi) is 7.28. The normalized spacial score (nSPS) is 25.3. The summed E-state index contributed by atoms with van der Waals surface area (Å²) in [4.78, 5) is 18.9. The molecule has 3 aliphatic rings. The van der Waals surface area contributed by atoms with Crippen molar-refractivity contribution in [3.8, 4) is 0 Å². The molecule has 1 aliphatic carbocycles. The van der Waals surface area contributed by atoms with Crippen molar-refractivity contribution in [2.75, 3.05) is 39.3 Å². The van der Waals surface area contributed by atoms with Gasteiger partial charge in [0.1, 0.15) is 6.10 Å². The highest BCUT2D eigenvalue weighted by Crippen LogP contribution is 2.30. The second kappa shape index (κ2) is 9.68. The Bertz CT molecular complexity index is 603. The summed E-state index contributed by atoms with van der Waals surface area (Å²) in [6.45, 7) is 11.8. The molecule has 27 heavy (non-hydrogen) atoms. The maximum absolute atomic E-state index is 12.0. The molecule has 0 spiro atoms. The lowest BCUT2D eigenvalue weighted by atomic mass is 9.92. The third kappa shape index (κ3) is 4.90. The van der Waals surface area contributed by atoms with E-state index in [-0.39, 0.29) is 12.2 Å². The van der Waals surface area contributed by atoms with Gasteiger partial charge in [-0.15, -0.1) is 22.4 Å². The molecule has 148 valence electrons. The van der Waals surface area contributed by atoms with Crippen molar-refractivity contribution in [2.45, 2.75) is 37.2 Å². The zero-order chi connectivity index (χ0) is 19.2. The van der Waals surface area contributed by atoms with Crippen LogP contribution in [0.15, 0.2) is 43.5 Å². The van der Waals surface area contributed by atoms with Crippen molar-refractivity contribution < 1.29 is 9.53 Å². The Morgan fingerprint density at radius 2 is 1.78 bits per heavy atom. The molecule has 3 unspecified atom stereocenters. The van der Waals surface area contributed by atoms with Crippen molar-refractivity contribution in [1.82, 2.24) is 14.7 Å². The Hall–Kier alpha value is -1.42. The minimum Gasteiger partial charge on any atom is -0.443 e. The number of hydrogen-bond donors (Lipinski definition) is 0. The number of carbonyl (C=O) groups excluding carboxylic acids is 1. The van der Waals surface area contributed by atoms with Gasteiger partial charge >= 0.3 is 6.09 Å². The van der Waals surface area contributed by atoms with Crippen LogP contribution in [0.3, 0.4) is 0 Å². The summed E-state index contributed by atoms with van der Waals surface area (Å²) in [5.74, 6) is 0.377. The lowest BCUT2D eigenvalue weighted by molar-refractivity contribution is 0.0728. The van der Waals surface area contributed by atoms with E-state index in [1.54, 1.807) is 0 Å². The molecule has 6 heteroatoms. The lowest BCUT2D eigenvalue weighted by Crippen LogP contribution is -2.49. The van der Waals surface area contributed by atoms with E-state index in [4.69, 9.17) is 4.74 Å². The SMILES string of the molecule is C=C.O=C1OC(CN2CCN(C(P)c3ccccc3)CC2)CN1C1CCC1. The number of cyclic esters (lactones) is 1. The predicted molar refractivity (Wildman–Crippen MR) is 113 cm³/mol. The average molecular weight is 389 g/mol. The van der Waals surface area contributed by atoms with Gasteiger partial charge in [0.15, 0.2) is 0 Å². The molecular weight excluding hydrogens is 357 g/mol. The van der Waals surface area contributed by atoms with Crippen molar-refractivity contribution in [3.63, 3.8) is 0 Å². The number of hydrogen-bond acceptors (Lipinski definition) is 4. The largest absolute Gasteiger partial charge is 0.443 e. The highest BCUT2D eigenvalue weighted by Gasteiger charge is 2.39. The molecule has 0 N–H and O–H groups in total. The van der Waals surface area contributed by atoms with Gasteiger partial charge in [-0.1, -0.05) is 30.3 Å². The zero-order valence-corrected chi connectivity index (χ0v) is 17.3. The molecule has 0 bridgehead atoms. The molecule has 1 aromatic carbocycles. The van der Waals surface area contributed by atoms with Crippen LogP contribution in [0.25, 0.3) is 0 Å². The van der Waals surface area contributed by atoms with Gasteiger partial charge < -0.3 is 9.64 Å². The highest BCUT2D eigenvalue weighted by molar-refractivity contribution is 7.17. The number of ether oxygens (including phenoxy) is 1. The second-order valence-electron chi connectivity index (χ2n) is 7.43. The molecular formula is C21H32N3O2P. The molecule has 1 aromatic rings. The van der Waals surface area contributed by atoms with E-state index in [9.17, 15) is 4.79 Å². The first-order valence-corrected chi connectivity index (χ1v) is 10.6. The number of carbonyl (C=O) groups is 1. The fraction of sp³-hybridized carbons (Fsp3) is 0.571. The third-order valence-corrected chi connectivity index (χ3v) is 6.63. The molecule has 1 amide bonds. The topological polar surface area (TPSA) is 36.0 Å². The Labute approximate surface area is 165 Å². The molecule has 0 radical (unpaired) electrons. The van der Waals surface area contributed by atoms with Crippen LogP contribution in [0.1, 0.15) is 30.6 Å². The summed E-state index contributed by atoms with van der Waals surface area (Å²) >= 11 is 0. The van der Waals surface area contributed by atoms with E-state index < -0.39 is 0 Å². The van der Waals surface area contributed by atoms with Gasteiger partial charge in [-0.3, -0.25) is 9.80 Å². The van der Waals surface area contributed by atoms with Crippen molar-refractivity contribution in [3.05, 3.63) is 49.1 Å². The highest BCUT2D eigenvalue weighted by atomic mass is 31.0. The molecule has 5 nitrogen and oxygen atoms in total. The van der Waals surface area contributed by atoms with Crippen molar-refractivity contribution >= 4 is 15.3 Å². The van der Waals surface area contributed by atoms with Crippen LogP contribution in [0, 0.1) is 0 Å². The number of amides is 1. The van der Waals surface area contributed by atoms with Crippen LogP contribution in [-0.2, 0) is 4.74 Å². The number of piperazine rings is 1. The van der Waals surface area contributed by atoms with Gasteiger partial charge in [-0.25, -0.2) is 4.79 Å². The maximum Gasteiger partial charge on any atom is 0.410 e. The number of benzene rings is 1. The van der Waals surface area contributed by atoms with Crippen molar-refractivity contribution in [2.24, 2.45) is 0 Å². The Balaban J connectivity index is 0.00000102. The second-order valence-corrected chi connectivity index (χ2v) is 8.07. The molecule has 3 atom stereocenters. The third-order valence-electron chi connectivity index (χ3n) is 5.82. The molecule has 3 fully saturated rings. The van der Waals surface area contributed by atoms with Gasteiger partial charge in [-0.2, -0.15) is 0 Å². The molecule has 0 aromatic heterocycles. The molecule has 4 rings (SSSR count). The van der Waals surface area contributed by atoms with E-state index in [0.717, 1.165) is 52.1 Å². The fourth-order valence-corrected chi connectivity index (χ4v) is 4.53. The van der Waals surface area contributed by atoms with Crippen LogP contribution in [0.5, 0.6) is 0 Å². The van der Waals surface area contributed by atoms with E-state index in [1.165, 1.54) is 12.0 Å². The van der Waals surface area contributed by atoms with Gasteiger partial charge in [0.2, 0.25) is 0 Å². The van der Waals surface area contributed by atoms with Gasteiger partial charge in [0.25, 0.3) is 0 Å². The summed E-state index contributed by atoms with van der Waals surface area (Å²) in [5, 5.41) is 0. The Morgan fingerprint density at radius 1 is 1.11 bits per heavy atom. The van der Waals surface area contributed by atoms with Crippen molar-refractivity contribution in [1.29, 1.82) is 0 Å². The minimum atomic E-state index is -0.0950. The summed E-state index contributed by atoms with van der Waals surface area (Å²) in [6, 6.07) is 11.1. The predicted octanol–water partition coefficient (Wildman–Crippen LogP) is 3.35. The minimum absolute atomic E-state index is 0.0422. The van der Waals surface area contributed by atoms with Crippen LogP contribution in [-0.4, -0.2) is 72.2 Å². The molecule has 1 saturated carbocycles. The summed E-state index contributed by atoms with van der Waals surface area (Å²) in [6.07, 6.45) is 3.49.